The molecule has 0 spiro atoms. The SMILES string of the molecule is CCN(CC)CC#CCN1CC(C)(CCC#N)C(=O)CC1C. The summed E-state index contributed by atoms with van der Waals surface area (Å²) >= 11 is 0. The van der Waals surface area contributed by atoms with Gasteiger partial charge in [0.15, 0.2) is 0 Å². The molecule has 2 unspecified atom stereocenters. The van der Waals surface area contributed by atoms with Gasteiger partial charge in [0, 0.05) is 30.8 Å². The van der Waals surface area contributed by atoms with Gasteiger partial charge in [-0.2, -0.15) is 5.26 Å². The van der Waals surface area contributed by atoms with Gasteiger partial charge < -0.3 is 0 Å². The average Bonchev–Trinajstić information content (AvgIpc) is 2.50. The molecule has 22 heavy (non-hydrogen) atoms. The highest BCUT2D eigenvalue weighted by molar-refractivity contribution is 5.86. The van der Waals surface area contributed by atoms with E-state index >= 15 is 0 Å². The first-order chi connectivity index (χ1) is 10.5. The number of piperidine rings is 1. The van der Waals surface area contributed by atoms with Crippen LogP contribution >= 0.6 is 0 Å². The lowest BCUT2D eigenvalue weighted by Gasteiger charge is -2.42. The van der Waals surface area contributed by atoms with Crippen molar-refractivity contribution in [2.45, 2.75) is 53.0 Å². The third-order valence-corrected chi connectivity index (χ3v) is 4.72. The molecular formula is C18H29N3O. The van der Waals surface area contributed by atoms with Crippen LogP contribution in [0.3, 0.4) is 0 Å². The van der Waals surface area contributed by atoms with Gasteiger partial charge in [0.05, 0.1) is 19.2 Å². The largest absolute Gasteiger partial charge is 0.299 e. The summed E-state index contributed by atoms with van der Waals surface area (Å²) in [6.45, 7) is 12.6. The van der Waals surface area contributed by atoms with Gasteiger partial charge in [-0.1, -0.05) is 32.6 Å². The number of likely N-dealkylation sites (tertiary alicyclic amines) is 1. The van der Waals surface area contributed by atoms with Crippen molar-refractivity contribution in [3.05, 3.63) is 0 Å². The third kappa shape index (κ3) is 5.13. The first kappa shape index (κ1) is 18.7. The van der Waals surface area contributed by atoms with Crippen molar-refractivity contribution in [3.63, 3.8) is 0 Å². The van der Waals surface area contributed by atoms with E-state index in [0.717, 1.165) is 19.6 Å². The Hall–Kier alpha value is -1.36. The van der Waals surface area contributed by atoms with Crippen LogP contribution in [0.4, 0.5) is 0 Å². The maximum absolute atomic E-state index is 12.3. The number of rotatable bonds is 6. The monoisotopic (exact) mass is 303 g/mol. The molecule has 0 aromatic rings. The molecule has 0 bridgehead atoms. The Morgan fingerprint density at radius 2 is 2.05 bits per heavy atom. The van der Waals surface area contributed by atoms with E-state index in [9.17, 15) is 4.79 Å². The van der Waals surface area contributed by atoms with Crippen molar-refractivity contribution >= 4 is 5.78 Å². The summed E-state index contributed by atoms with van der Waals surface area (Å²) in [5.41, 5.74) is -0.386. The van der Waals surface area contributed by atoms with Crippen molar-refractivity contribution in [1.82, 2.24) is 9.80 Å². The van der Waals surface area contributed by atoms with Crippen LogP contribution in [0, 0.1) is 28.6 Å². The molecule has 4 heteroatoms. The fourth-order valence-corrected chi connectivity index (χ4v) is 2.87. The molecule has 4 nitrogen and oxygen atoms in total. The van der Waals surface area contributed by atoms with Crippen LogP contribution in [0.25, 0.3) is 0 Å². The van der Waals surface area contributed by atoms with Crippen LogP contribution in [-0.2, 0) is 4.79 Å². The summed E-state index contributed by atoms with van der Waals surface area (Å²) < 4.78 is 0. The zero-order valence-corrected chi connectivity index (χ0v) is 14.5. The molecule has 1 heterocycles. The summed E-state index contributed by atoms with van der Waals surface area (Å²) in [6.07, 6.45) is 1.66. The molecule has 1 rings (SSSR count). The molecule has 1 aliphatic rings. The number of Topliss-reactive ketones (excluding diaryl/α,β-unsaturated/α-hetero) is 1. The quantitative estimate of drug-likeness (QED) is 0.707. The lowest BCUT2D eigenvalue weighted by molar-refractivity contribution is -0.135. The maximum atomic E-state index is 12.3. The normalized spacial score (nSPS) is 25.6. The predicted octanol–water partition coefficient (Wildman–Crippen LogP) is 2.30. The topological polar surface area (TPSA) is 47.3 Å². The molecule has 0 N–H and O–H groups in total. The zero-order chi connectivity index (χ0) is 16.6. The number of nitriles is 1. The summed E-state index contributed by atoms with van der Waals surface area (Å²) in [6, 6.07) is 2.40. The zero-order valence-electron chi connectivity index (χ0n) is 14.5. The predicted molar refractivity (Wildman–Crippen MR) is 89.2 cm³/mol. The van der Waals surface area contributed by atoms with Gasteiger partial charge in [-0.25, -0.2) is 0 Å². The molecule has 122 valence electrons. The lowest BCUT2D eigenvalue weighted by atomic mass is 9.75. The summed E-state index contributed by atoms with van der Waals surface area (Å²) in [7, 11) is 0. The van der Waals surface area contributed by atoms with E-state index in [-0.39, 0.29) is 11.5 Å². The van der Waals surface area contributed by atoms with Gasteiger partial charge in [-0.15, -0.1) is 0 Å². The Kier molecular flexibility index (Phi) is 7.59. The number of carbonyl (C=O) groups is 1. The van der Waals surface area contributed by atoms with E-state index < -0.39 is 0 Å². The van der Waals surface area contributed by atoms with Crippen LogP contribution in [0.15, 0.2) is 0 Å². The molecule has 1 saturated heterocycles. The van der Waals surface area contributed by atoms with Crippen molar-refractivity contribution in [3.8, 4) is 17.9 Å². The standard InChI is InChI=1S/C18H29N3O/c1-5-20(6-2)12-7-8-13-21-15-18(4,10-9-11-19)17(22)14-16(21)3/h16H,5-6,9-10,12-15H2,1-4H3. The second kappa shape index (κ2) is 8.93. The molecule has 0 aliphatic carbocycles. The Balaban J connectivity index is 2.61. The first-order valence-corrected chi connectivity index (χ1v) is 8.29. The maximum Gasteiger partial charge on any atom is 0.141 e. The highest BCUT2D eigenvalue weighted by atomic mass is 16.1. The molecule has 0 amide bonds. The Morgan fingerprint density at radius 1 is 1.36 bits per heavy atom. The fraction of sp³-hybridized carbons (Fsp3) is 0.778. The van der Waals surface area contributed by atoms with Crippen LogP contribution in [0.5, 0.6) is 0 Å². The minimum atomic E-state index is -0.386. The number of hydrogen-bond acceptors (Lipinski definition) is 4. The number of ketones is 1. The van der Waals surface area contributed by atoms with Gasteiger partial charge in [-0.3, -0.25) is 14.6 Å². The van der Waals surface area contributed by atoms with Crippen LogP contribution in [0.1, 0.15) is 47.0 Å². The van der Waals surface area contributed by atoms with Gasteiger partial charge >= 0.3 is 0 Å². The molecule has 0 radical (unpaired) electrons. The van der Waals surface area contributed by atoms with Gasteiger partial charge in [0.25, 0.3) is 0 Å². The smallest absolute Gasteiger partial charge is 0.141 e. The Morgan fingerprint density at radius 3 is 2.64 bits per heavy atom. The number of hydrogen-bond donors (Lipinski definition) is 0. The van der Waals surface area contributed by atoms with Crippen LogP contribution in [-0.4, -0.2) is 54.3 Å². The molecule has 1 aliphatic heterocycles. The van der Waals surface area contributed by atoms with Crippen molar-refractivity contribution in [2.24, 2.45) is 5.41 Å². The summed E-state index contributed by atoms with van der Waals surface area (Å²) in [4.78, 5) is 16.9. The first-order valence-electron chi connectivity index (χ1n) is 8.29. The van der Waals surface area contributed by atoms with Gasteiger partial charge in [0.1, 0.15) is 5.78 Å². The molecule has 0 aromatic heterocycles. The summed E-state index contributed by atoms with van der Waals surface area (Å²) in [5, 5.41) is 8.79. The lowest BCUT2D eigenvalue weighted by Crippen LogP contribution is -2.52. The fourth-order valence-electron chi connectivity index (χ4n) is 2.87. The van der Waals surface area contributed by atoms with Crippen molar-refractivity contribution in [1.29, 1.82) is 5.26 Å². The highest BCUT2D eigenvalue weighted by Crippen LogP contribution is 2.33. The van der Waals surface area contributed by atoms with E-state index in [1.54, 1.807) is 0 Å². The molecule has 2 atom stereocenters. The summed E-state index contributed by atoms with van der Waals surface area (Å²) in [5.74, 6) is 6.78. The molecule has 0 aromatic carbocycles. The second-order valence-corrected chi connectivity index (χ2v) is 6.42. The average molecular weight is 303 g/mol. The number of nitrogens with zero attached hydrogens (tertiary/aromatic N) is 3. The van der Waals surface area contributed by atoms with Gasteiger partial charge in [-0.05, 0) is 26.4 Å². The van der Waals surface area contributed by atoms with E-state index in [2.05, 4.69) is 48.5 Å². The van der Waals surface area contributed by atoms with Gasteiger partial charge in [0.2, 0.25) is 0 Å². The van der Waals surface area contributed by atoms with E-state index in [1.807, 2.05) is 6.92 Å². The van der Waals surface area contributed by atoms with Crippen LogP contribution in [0.2, 0.25) is 0 Å². The second-order valence-electron chi connectivity index (χ2n) is 6.42. The number of carbonyl (C=O) groups excluding carboxylic acids is 1. The minimum absolute atomic E-state index is 0.241. The third-order valence-electron chi connectivity index (χ3n) is 4.72. The van der Waals surface area contributed by atoms with E-state index in [0.29, 0.717) is 38.1 Å². The van der Waals surface area contributed by atoms with Crippen molar-refractivity contribution in [2.75, 3.05) is 32.7 Å². The molecular weight excluding hydrogens is 274 g/mol. The van der Waals surface area contributed by atoms with Crippen molar-refractivity contribution < 1.29 is 4.79 Å². The van der Waals surface area contributed by atoms with Crippen LogP contribution < -0.4 is 0 Å². The van der Waals surface area contributed by atoms with E-state index in [1.165, 1.54) is 0 Å². The van der Waals surface area contributed by atoms with E-state index in [4.69, 9.17) is 5.26 Å². The minimum Gasteiger partial charge on any atom is -0.299 e. The highest BCUT2D eigenvalue weighted by Gasteiger charge is 2.40. The molecule has 0 saturated carbocycles. The Bertz CT molecular complexity index is 467. The molecule has 1 fully saturated rings. The Labute approximate surface area is 135 Å².